The number of hydrogen-bond donors (Lipinski definition) is 0. The normalized spacial score (nSPS) is 17.2. The Hall–Kier alpha value is -1.40. The third-order valence-corrected chi connectivity index (χ3v) is 4.82. The summed E-state index contributed by atoms with van der Waals surface area (Å²) in [6.45, 7) is 4.81. The van der Waals surface area contributed by atoms with E-state index in [2.05, 4.69) is 18.8 Å². The highest BCUT2D eigenvalue weighted by Crippen LogP contribution is 2.40. The molecule has 0 N–H and O–H groups in total. The van der Waals surface area contributed by atoms with Crippen LogP contribution in [0.3, 0.4) is 0 Å². The Balaban J connectivity index is 2.38. The Morgan fingerprint density at radius 2 is 2.10 bits per heavy atom. The molecule has 0 aliphatic carbocycles. The minimum absolute atomic E-state index is 0.167. The van der Waals surface area contributed by atoms with Gasteiger partial charge < -0.3 is 9.64 Å². The number of thiophene rings is 1. The molecule has 6 heteroatoms. The summed E-state index contributed by atoms with van der Waals surface area (Å²) in [5, 5.41) is 1.11. The van der Waals surface area contributed by atoms with Crippen LogP contribution in [0.25, 0.3) is 10.2 Å². The van der Waals surface area contributed by atoms with Gasteiger partial charge in [-0.05, 0) is 19.4 Å². The van der Waals surface area contributed by atoms with Gasteiger partial charge in [-0.3, -0.25) is 4.57 Å². The molecule has 0 saturated heterocycles. The lowest BCUT2D eigenvalue weighted by Crippen LogP contribution is -2.31. The highest BCUT2D eigenvalue weighted by molar-refractivity contribution is 7.18. The van der Waals surface area contributed by atoms with Crippen molar-refractivity contribution < 1.29 is 4.74 Å². The molecule has 0 radical (unpaired) electrons. The number of aromatic nitrogens is 2. The van der Waals surface area contributed by atoms with E-state index in [1.807, 2.05) is 19.0 Å². The molecule has 0 unspecified atom stereocenters. The molecule has 0 spiro atoms. The number of anilines is 1. The van der Waals surface area contributed by atoms with Gasteiger partial charge in [-0.15, -0.1) is 11.3 Å². The van der Waals surface area contributed by atoms with E-state index in [1.165, 1.54) is 10.4 Å². The predicted molar refractivity (Wildman–Crippen MR) is 81.8 cm³/mol. The van der Waals surface area contributed by atoms with E-state index in [0.717, 1.165) is 22.5 Å². The fourth-order valence-corrected chi connectivity index (χ4v) is 3.88. The summed E-state index contributed by atoms with van der Waals surface area (Å²) < 4.78 is 7.49. The lowest BCUT2D eigenvalue weighted by Gasteiger charge is -2.30. The second-order valence-corrected chi connectivity index (χ2v) is 7.16. The molecule has 0 atom stereocenters. The number of ether oxygens (including phenoxy) is 1. The first-order chi connectivity index (χ1) is 9.30. The molecule has 2 aromatic rings. The maximum Gasteiger partial charge on any atom is 0.350 e. The zero-order chi connectivity index (χ0) is 14.7. The average Bonchev–Trinajstić information content (AvgIpc) is 2.66. The standard InChI is InChI=1S/C14H19N3O2S/c1-14(2)6-8-9(7-19-14)20-11-10(8)12(16(3)4)17(5)13(18)15-11/h6-7H2,1-5H3. The van der Waals surface area contributed by atoms with Crippen LogP contribution >= 0.6 is 11.3 Å². The molecule has 20 heavy (non-hydrogen) atoms. The van der Waals surface area contributed by atoms with Crippen LogP contribution in [0.15, 0.2) is 4.79 Å². The average molecular weight is 293 g/mol. The first-order valence-electron chi connectivity index (χ1n) is 6.63. The van der Waals surface area contributed by atoms with Crippen molar-refractivity contribution in [2.75, 3.05) is 19.0 Å². The zero-order valence-corrected chi connectivity index (χ0v) is 13.3. The van der Waals surface area contributed by atoms with Crippen molar-refractivity contribution in [3.63, 3.8) is 0 Å². The summed E-state index contributed by atoms with van der Waals surface area (Å²) in [6.07, 6.45) is 0.850. The van der Waals surface area contributed by atoms with Crippen molar-refractivity contribution in [2.24, 2.45) is 7.05 Å². The van der Waals surface area contributed by atoms with Crippen molar-refractivity contribution in [1.82, 2.24) is 9.55 Å². The summed E-state index contributed by atoms with van der Waals surface area (Å²) in [6, 6.07) is 0. The van der Waals surface area contributed by atoms with E-state index in [4.69, 9.17) is 4.74 Å². The van der Waals surface area contributed by atoms with Crippen molar-refractivity contribution in [3.8, 4) is 0 Å². The first-order valence-corrected chi connectivity index (χ1v) is 7.44. The van der Waals surface area contributed by atoms with Gasteiger partial charge >= 0.3 is 5.69 Å². The molecule has 0 amide bonds. The van der Waals surface area contributed by atoms with Crippen LogP contribution in [0, 0.1) is 0 Å². The van der Waals surface area contributed by atoms with Gasteiger partial charge in [0.1, 0.15) is 10.6 Å². The van der Waals surface area contributed by atoms with E-state index >= 15 is 0 Å². The molecule has 2 aromatic heterocycles. The van der Waals surface area contributed by atoms with Gasteiger partial charge in [0, 0.05) is 32.4 Å². The fraction of sp³-hybridized carbons (Fsp3) is 0.571. The summed E-state index contributed by atoms with van der Waals surface area (Å²) in [7, 11) is 5.70. The Labute approximate surface area is 121 Å². The van der Waals surface area contributed by atoms with E-state index in [-0.39, 0.29) is 11.3 Å². The number of fused-ring (bicyclic) bond motifs is 3. The number of hydrogen-bond acceptors (Lipinski definition) is 5. The Morgan fingerprint density at radius 1 is 1.40 bits per heavy atom. The zero-order valence-electron chi connectivity index (χ0n) is 12.5. The molecule has 0 fully saturated rings. The Bertz CT molecular complexity index is 743. The van der Waals surface area contributed by atoms with E-state index in [0.29, 0.717) is 6.61 Å². The molecule has 0 saturated carbocycles. The smallest absolute Gasteiger partial charge is 0.350 e. The SMILES string of the molecule is CN(C)c1c2c3c(sc2nc(=O)n1C)COC(C)(C)C3. The maximum atomic E-state index is 12.0. The minimum Gasteiger partial charge on any atom is -0.370 e. The molecule has 0 bridgehead atoms. The lowest BCUT2D eigenvalue weighted by atomic mass is 9.94. The van der Waals surface area contributed by atoms with Gasteiger partial charge in [-0.2, -0.15) is 4.98 Å². The fourth-order valence-electron chi connectivity index (χ4n) is 2.79. The second-order valence-electron chi connectivity index (χ2n) is 6.08. The molecule has 0 aromatic carbocycles. The third kappa shape index (κ3) is 1.94. The van der Waals surface area contributed by atoms with Gasteiger partial charge in [0.05, 0.1) is 17.6 Å². The van der Waals surface area contributed by atoms with Crippen molar-refractivity contribution in [2.45, 2.75) is 32.5 Å². The molecule has 1 aliphatic heterocycles. The minimum atomic E-state index is -0.208. The lowest BCUT2D eigenvalue weighted by molar-refractivity contribution is -0.0379. The molecule has 3 rings (SSSR count). The van der Waals surface area contributed by atoms with Gasteiger partial charge in [0.2, 0.25) is 0 Å². The van der Waals surface area contributed by atoms with Crippen LogP contribution in [0.4, 0.5) is 5.82 Å². The predicted octanol–water partition coefficient (Wildman–Crippen LogP) is 1.91. The quantitative estimate of drug-likeness (QED) is 0.806. The highest BCUT2D eigenvalue weighted by Gasteiger charge is 2.31. The third-order valence-electron chi connectivity index (χ3n) is 3.72. The van der Waals surface area contributed by atoms with E-state index in [9.17, 15) is 4.79 Å². The maximum absolute atomic E-state index is 12.0. The van der Waals surface area contributed by atoms with E-state index < -0.39 is 0 Å². The number of rotatable bonds is 1. The summed E-state index contributed by atoms with van der Waals surface area (Å²) in [5.74, 6) is 0.926. The summed E-state index contributed by atoms with van der Waals surface area (Å²) in [4.78, 5) is 20.2. The van der Waals surface area contributed by atoms with Crippen molar-refractivity contribution in [1.29, 1.82) is 0 Å². The summed E-state index contributed by atoms with van der Waals surface area (Å²) >= 11 is 1.58. The van der Waals surface area contributed by atoms with Crippen LogP contribution in [-0.2, 0) is 24.8 Å². The highest BCUT2D eigenvalue weighted by atomic mass is 32.1. The molecule has 108 valence electrons. The van der Waals surface area contributed by atoms with Crippen LogP contribution < -0.4 is 10.6 Å². The van der Waals surface area contributed by atoms with Crippen LogP contribution in [0.5, 0.6) is 0 Å². The van der Waals surface area contributed by atoms with Gasteiger partial charge in [-0.25, -0.2) is 4.79 Å². The number of nitrogens with zero attached hydrogens (tertiary/aromatic N) is 3. The second kappa shape index (κ2) is 4.30. The monoisotopic (exact) mass is 293 g/mol. The van der Waals surface area contributed by atoms with Crippen molar-refractivity contribution in [3.05, 3.63) is 20.9 Å². The largest absolute Gasteiger partial charge is 0.370 e. The molecule has 1 aliphatic rings. The topological polar surface area (TPSA) is 47.4 Å². The first kappa shape index (κ1) is 13.6. The Morgan fingerprint density at radius 3 is 2.75 bits per heavy atom. The van der Waals surface area contributed by atoms with Crippen LogP contribution in [0.1, 0.15) is 24.3 Å². The van der Waals surface area contributed by atoms with Gasteiger partial charge in [0.15, 0.2) is 0 Å². The van der Waals surface area contributed by atoms with Gasteiger partial charge in [0.25, 0.3) is 0 Å². The van der Waals surface area contributed by atoms with E-state index in [1.54, 1.807) is 23.0 Å². The molecular formula is C14H19N3O2S. The Kier molecular flexibility index (Phi) is 2.92. The molecule has 3 heterocycles. The van der Waals surface area contributed by atoms with Crippen molar-refractivity contribution >= 4 is 27.4 Å². The molecule has 5 nitrogen and oxygen atoms in total. The van der Waals surface area contributed by atoms with Crippen LogP contribution in [-0.4, -0.2) is 29.2 Å². The van der Waals surface area contributed by atoms with Gasteiger partial charge in [-0.1, -0.05) is 0 Å². The summed E-state index contributed by atoms with van der Waals surface area (Å²) in [5.41, 5.74) is 0.910. The van der Waals surface area contributed by atoms with Crippen LogP contribution in [0.2, 0.25) is 0 Å². The molecular weight excluding hydrogens is 274 g/mol.